The average molecular weight is 363 g/mol. The van der Waals surface area contributed by atoms with Crippen molar-refractivity contribution in [2.75, 3.05) is 13.7 Å². The second-order valence-electron chi connectivity index (χ2n) is 3.81. The van der Waals surface area contributed by atoms with Gasteiger partial charge < -0.3 is 10.1 Å². The maximum atomic E-state index is 5.74. The minimum absolute atomic E-state index is 0.555. The van der Waals surface area contributed by atoms with E-state index in [9.17, 15) is 0 Å². The Bertz CT molecular complexity index is 381. The van der Waals surface area contributed by atoms with Crippen LogP contribution in [0.25, 0.3) is 0 Å². The predicted molar refractivity (Wildman–Crippen MR) is 79.5 cm³/mol. The summed E-state index contributed by atoms with van der Waals surface area (Å²) >= 11 is 7.06. The predicted octanol–water partition coefficient (Wildman–Crippen LogP) is 4.28. The first-order valence-corrected chi connectivity index (χ1v) is 7.09. The smallest absolute Gasteiger partial charge is 0.148 e. The Morgan fingerprint density at radius 1 is 1.35 bits per heavy atom. The highest BCUT2D eigenvalue weighted by Crippen LogP contribution is 2.35. The largest absolute Gasteiger partial charge is 0.487 e. The molecule has 2 nitrogen and oxygen atoms in total. The van der Waals surface area contributed by atoms with Crippen LogP contribution in [-0.4, -0.2) is 13.7 Å². The number of benzene rings is 1. The molecule has 0 radical (unpaired) electrons. The van der Waals surface area contributed by atoms with Crippen molar-refractivity contribution in [3.63, 3.8) is 0 Å². The molecule has 1 rings (SSSR count). The van der Waals surface area contributed by atoms with Crippen LogP contribution in [0.15, 0.2) is 33.2 Å². The van der Waals surface area contributed by atoms with E-state index in [1.54, 1.807) is 0 Å². The summed E-state index contributed by atoms with van der Waals surface area (Å²) in [6, 6.07) is 4.12. The average Bonchev–Trinajstić information content (AvgIpc) is 2.28. The lowest BCUT2D eigenvalue weighted by Crippen LogP contribution is -2.06. The fraction of sp³-hybridized carbons (Fsp3) is 0.385. The van der Waals surface area contributed by atoms with Crippen LogP contribution in [0.2, 0.25) is 0 Å². The number of nitrogens with one attached hydrogen (secondary N) is 1. The lowest BCUT2D eigenvalue weighted by atomic mass is 10.2. The molecule has 0 heterocycles. The molecule has 0 spiro atoms. The molecule has 17 heavy (non-hydrogen) atoms. The van der Waals surface area contributed by atoms with Gasteiger partial charge in [-0.1, -0.05) is 13.5 Å². The molecule has 0 aliphatic carbocycles. The van der Waals surface area contributed by atoms with Crippen LogP contribution in [0.1, 0.15) is 18.9 Å². The molecule has 0 fully saturated rings. The highest BCUT2D eigenvalue weighted by Gasteiger charge is 2.09. The molecule has 0 aromatic heterocycles. The summed E-state index contributed by atoms with van der Waals surface area (Å²) in [5.41, 5.74) is 2.29. The van der Waals surface area contributed by atoms with Crippen LogP contribution in [0.3, 0.4) is 0 Å². The van der Waals surface area contributed by atoms with Crippen LogP contribution in [-0.2, 0) is 6.54 Å². The Morgan fingerprint density at radius 2 is 1.94 bits per heavy atom. The molecular formula is C13H17Br2NO. The van der Waals surface area contributed by atoms with Gasteiger partial charge in [-0.3, -0.25) is 0 Å². The van der Waals surface area contributed by atoms with Crippen LogP contribution in [0.5, 0.6) is 5.75 Å². The second kappa shape index (κ2) is 7.19. The highest BCUT2D eigenvalue weighted by atomic mass is 79.9. The molecule has 0 bridgehead atoms. The molecule has 94 valence electrons. The van der Waals surface area contributed by atoms with Crippen molar-refractivity contribution in [1.82, 2.24) is 5.32 Å². The summed E-state index contributed by atoms with van der Waals surface area (Å²) in [5, 5.41) is 3.12. The van der Waals surface area contributed by atoms with E-state index >= 15 is 0 Å². The van der Waals surface area contributed by atoms with E-state index in [2.05, 4.69) is 62.8 Å². The van der Waals surface area contributed by atoms with Gasteiger partial charge in [0.25, 0.3) is 0 Å². The number of rotatable bonds is 6. The van der Waals surface area contributed by atoms with E-state index in [4.69, 9.17) is 4.74 Å². The van der Waals surface area contributed by atoms with Crippen molar-refractivity contribution in [1.29, 1.82) is 0 Å². The molecule has 0 aliphatic heterocycles. The van der Waals surface area contributed by atoms with Gasteiger partial charge in [0.2, 0.25) is 0 Å². The Hall–Kier alpha value is -0.320. The number of hydrogen-bond acceptors (Lipinski definition) is 2. The summed E-state index contributed by atoms with van der Waals surface area (Å²) in [6.45, 7) is 7.39. The highest BCUT2D eigenvalue weighted by molar-refractivity contribution is 9.11. The molecular weight excluding hydrogens is 346 g/mol. The van der Waals surface area contributed by atoms with Gasteiger partial charge in [0.05, 0.1) is 8.95 Å². The number of hydrogen-bond donors (Lipinski definition) is 1. The Labute approximate surface area is 120 Å². The summed E-state index contributed by atoms with van der Waals surface area (Å²) in [7, 11) is 1.93. The molecule has 1 N–H and O–H groups in total. The Kier molecular flexibility index (Phi) is 6.23. The molecule has 0 saturated heterocycles. The van der Waals surface area contributed by atoms with Gasteiger partial charge in [-0.2, -0.15) is 0 Å². The zero-order valence-corrected chi connectivity index (χ0v) is 13.3. The standard InChI is InChI=1S/C13H17Br2NO/c1-4-9(2)8-17-13-11(14)5-10(7-16-3)6-12(13)15/h5-6,16H,2,4,7-8H2,1,3H3. The molecule has 0 atom stereocenters. The van der Waals surface area contributed by atoms with Gasteiger partial charge in [-0.15, -0.1) is 0 Å². The monoisotopic (exact) mass is 361 g/mol. The van der Waals surface area contributed by atoms with Crippen molar-refractivity contribution in [2.24, 2.45) is 0 Å². The van der Waals surface area contributed by atoms with Gasteiger partial charge in [0, 0.05) is 6.54 Å². The van der Waals surface area contributed by atoms with Crippen molar-refractivity contribution >= 4 is 31.9 Å². The summed E-state index contributed by atoms with van der Waals surface area (Å²) in [6.07, 6.45) is 0.938. The fourth-order valence-electron chi connectivity index (χ4n) is 1.33. The van der Waals surface area contributed by atoms with Crippen LogP contribution in [0, 0.1) is 0 Å². The van der Waals surface area contributed by atoms with Gasteiger partial charge in [0.15, 0.2) is 0 Å². The minimum atomic E-state index is 0.555. The summed E-state index contributed by atoms with van der Waals surface area (Å²) in [4.78, 5) is 0. The molecule has 1 aromatic rings. The first-order valence-electron chi connectivity index (χ1n) is 5.50. The third-order valence-corrected chi connectivity index (χ3v) is 3.54. The zero-order valence-electron chi connectivity index (χ0n) is 10.1. The molecule has 1 aromatic carbocycles. The molecule has 0 saturated carbocycles. The van der Waals surface area contributed by atoms with Crippen molar-refractivity contribution in [2.45, 2.75) is 19.9 Å². The van der Waals surface area contributed by atoms with Gasteiger partial charge in [-0.25, -0.2) is 0 Å². The van der Waals surface area contributed by atoms with Crippen molar-refractivity contribution in [3.05, 3.63) is 38.8 Å². The fourth-order valence-corrected chi connectivity index (χ4v) is 2.84. The van der Waals surface area contributed by atoms with Gasteiger partial charge >= 0.3 is 0 Å². The van der Waals surface area contributed by atoms with Gasteiger partial charge in [-0.05, 0) is 68.6 Å². The maximum absolute atomic E-state index is 5.74. The normalized spacial score (nSPS) is 10.4. The number of halogens is 2. The van der Waals surface area contributed by atoms with E-state index in [-0.39, 0.29) is 0 Å². The SMILES string of the molecule is C=C(CC)COc1c(Br)cc(CNC)cc1Br. The van der Waals surface area contributed by atoms with E-state index in [0.29, 0.717) is 6.61 Å². The van der Waals surface area contributed by atoms with Crippen LogP contribution < -0.4 is 10.1 Å². The van der Waals surface area contributed by atoms with Crippen LogP contribution in [0.4, 0.5) is 0 Å². The first-order chi connectivity index (χ1) is 8.08. The maximum Gasteiger partial charge on any atom is 0.148 e. The summed E-state index contributed by atoms with van der Waals surface area (Å²) < 4.78 is 7.66. The summed E-state index contributed by atoms with van der Waals surface area (Å²) in [5.74, 6) is 0.833. The van der Waals surface area contributed by atoms with Crippen molar-refractivity contribution in [3.8, 4) is 5.75 Å². The minimum Gasteiger partial charge on any atom is -0.487 e. The second-order valence-corrected chi connectivity index (χ2v) is 5.52. The molecule has 4 heteroatoms. The van der Waals surface area contributed by atoms with Gasteiger partial charge in [0.1, 0.15) is 12.4 Å². The Morgan fingerprint density at radius 3 is 2.41 bits per heavy atom. The zero-order chi connectivity index (χ0) is 12.8. The van der Waals surface area contributed by atoms with E-state index in [1.165, 1.54) is 5.56 Å². The van der Waals surface area contributed by atoms with Crippen molar-refractivity contribution < 1.29 is 4.74 Å². The lowest BCUT2D eigenvalue weighted by molar-refractivity contribution is 0.344. The third-order valence-electron chi connectivity index (χ3n) is 2.36. The third kappa shape index (κ3) is 4.45. The number of ether oxygens (including phenoxy) is 1. The first kappa shape index (κ1) is 14.7. The quantitative estimate of drug-likeness (QED) is 0.762. The van der Waals surface area contributed by atoms with Crippen LogP contribution >= 0.6 is 31.9 Å². The Balaban J connectivity index is 2.82. The molecule has 0 amide bonds. The molecule has 0 aliphatic rings. The lowest BCUT2D eigenvalue weighted by Gasteiger charge is -2.12. The van der Waals surface area contributed by atoms with E-state index in [0.717, 1.165) is 33.2 Å². The molecule has 0 unspecified atom stereocenters. The van der Waals surface area contributed by atoms with E-state index < -0.39 is 0 Å². The topological polar surface area (TPSA) is 21.3 Å². The van der Waals surface area contributed by atoms with E-state index in [1.807, 2.05) is 7.05 Å².